The van der Waals surface area contributed by atoms with E-state index >= 15 is 0 Å². The summed E-state index contributed by atoms with van der Waals surface area (Å²) in [6, 6.07) is 1.58. The third-order valence-electron chi connectivity index (χ3n) is 1.70. The van der Waals surface area contributed by atoms with Crippen LogP contribution in [0.2, 0.25) is 0 Å². The van der Waals surface area contributed by atoms with Gasteiger partial charge in [-0.15, -0.1) is 11.8 Å². The van der Waals surface area contributed by atoms with Gasteiger partial charge < -0.3 is 5.11 Å². The maximum absolute atomic E-state index is 13.1. The molecule has 0 heterocycles. The summed E-state index contributed by atoms with van der Waals surface area (Å²) in [6.45, 7) is 0. The molecule has 0 aliphatic rings. The van der Waals surface area contributed by atoms with Crippen molar-refractivity contribution in [3.05, 3.63) is 33.6 Å². The Morgan fingerprint density at radius 2 is 2.20 bits per heavy atom. The fraction of sp³-hybridized carbons (Fsp3) is 0.125. The van der Waals surface area contributed by atoms with Crippen molar-refractivity contribution in [2.24, 2.45) is 0 Å². The third-order valence-corrected chi connectivity index (χ3v) is 2.46. The average Bonchev–Trinajstić information content (AvgIpc) is 2.16. The highest BCUT2D eigenvalue weighted by molar-refractivity contribution is 7.98. The van der Waals surface area contributed by atoms with E-state index in [2.05, 4.69) is 0 Å². The lowest BCUT2D eigenvalue weighted by Gasteiger charge is -2.02. The Bertz CT molecular complexity index is 435. The Balaban J connectivity index is 3.42. The molecule has 0 saturated heterocycles. The molecular formula is C8H6FNO4S. The largest absolute Gasteiger partial charge is 0.478 e. The second-order valence-corrected chi connectivity index (χ2v) is 3.41. The normalized spacial score (nSPS) is 10.0. The minimum absolute atomic E-state index is 0.124. The molecule has 0 aliphatic carbocycles. The molecule has 0 unspecified atom stereocenters. The number of aromatic carboxylic acids is 1. The summed E-state index contributed by atoms with van der Waals surface area (Å²) in [4.78, 5) is 20.4. The predicted octanol–water partition coefficient (Wildman–Crippen LogP) is 2.15. The summed E-state index contributed by atoms with van der Waals surface area (Å²) in [5, 5.41) is 19.1. The Morgan fingerprint density at radius 1 is 1.60 bits per heavy atom. The molecule has 5 nitrogen and oxygen atoms in total. The molecule has 0 atom stereocenters. The van der Waals surface area contributed by atoms with Gasteiger partial charge in [-0.25, -0.2) is 9.18 Å². The average molecular weight is 231 g/mol. The molecular weight excluding hydrogens is 225 g/mol. The third kappa shape index (κ3) is 2.24. The number of hydrogen-bond acceptors (Lipinski definition) is 4. The number of nitro benzene ring substituents is 1. The van der Waals surface area contributed by atoms with E-state index < -0.39 is 28.0 Å². The van der Waals surface area contributed by atoms with Gasteiger partial charge in [-0.3, -0.25) is 10.1 Å². The predicted molar refractivity (Wildman–Crippen MR) is 51.8 cm³/mol. The first kappa shape index (κ1) is 11.4. The van der Waals surface area contributed by atoms with Crippen LogP contribution in [0.3, 0.4) is 0 Å². The zero-order valence-corrected chi connectivity index (χ0v) is 8.38. The van der Waals surface area contributed by atoms with Crippen molar-refractivity contribution in [2.45, 2.75) is 4.90 Å². The lowest BCUT2D eigenvalue weighted by molar-refractivity contribution is -0.387. The molecule has 7 heteroatoms. The summed E-state index contributed by atoms with van der Waals surface area (Å²) >= 11 is 0.992. The number of carbonyl (C=O) groups is 1. The quantitative estimate of drug-likeness (QED) is 0.489. The van der Waals surface area contributed by atoms with E-state index in [4.69, 9.17) is 5.11 Å². The number of carboxylic acids is 1. The number of benzene rings is 1. The number of nitrogens with zero attached hydrogens (tertiary/aromatic N) is 1. The lowest BCUT2D eigenvalue weighted by Crippen LogP contribution is -2.02. The van der Waals surface area contributed by atoms with E-state index in [1.54, 1.807) is 6.26 Å². The van der Waals surface area contributed by atoms with Crippen LogP contribution in [0.5, 0.6) is 0 Å². The molecule has 0 spiro atoms. The number of carboxylic acid groups (broad SMARTS) is 1. The van der Waals surface area contributed by atoms with E-state index in [0.29, 0.717) is 6.07 Å². The van der Waals surface area contributed by atoms with Crippen molar-refractivity contribution in [1.82, 2.24) is 0 Å². The van der Waals surface area contributed by atoms with Gasteiger partial charge in [0.25, 0.3) is 5.69 Å². The fourth-order valence-electron chi connectivity index (χ4n) is 1.01. The molecule has 0 amide bonds. The smallest absolute Gasteiger partial charge is 0.338 e. The van der Waals surface area contributed by atoms with Gasteiger partial charge in [0.15, 0.2) is 0 Å². The number of halogens is 1. The molecule has 15 heavy (non-hydrogen) atoms. The molecule has 0 saturated carbocycles. The number of nitro groups is 1. The summed E-state index contributed by atoms with van der Waals surface area (Å²) in [6.07, 6.45) is 1.55. The minimum atomic E-state index is -1.45. The first-order valence-corrected chi connectivity index (χ1v) is 4.95. The highest BCUT2D eigenvalue weighted by atomic mass is 32.2. The monoisotopic (exact) mass is 231 g/mol. The minimum Gasteiger partial charge on any atom is -0.478 e. The van der Waals surface area contributed by atoms with Gasteiger partial charge in [0.1, 0.15) is 5.82 Å². The van der Waals surface area contributed by atoms with Crippen LogP contribution in [-0.4, -0.2) is 22.3 Å². The van der Waals surface area contributed by atoms with Crippen LogP contribution in [0.4, 0.5) is 10.1 Å². The maximum atomic E-state index is 13.1. The molecule has 0 aliphatic heterocycles. The molecule has 1 aromatic rings. The van der Waals surface area contributed by atoms with Crippen molar-refractivity contribution < 1.29 is 19.2 Å². The fourth-order valence-corrected chi connectivity index (χ4v) is 1.59. The molecule has 0 bridgehead atoms. The molecule has 1 aromatic carbocycles. The molecule has 0 fully saturated rings. The van der Waals surface area contributed by atoms with Crippen LogP contribution in [0.15, 0.2) is 17.0 Å². The van der Waals surface area contributed by atoms with Crippen molar-refractivity contribution in [3.63, 3.8) is 0 Å². The number of thioether (sulfide) groups is 1. The number of rotatable bonds is 3. The summed E-state index contributed by atoms with van der Waals surface area (Å²) in [7, 11) is 0. The number of hydrogen-bond donors (Lipinski definition) is 1. The van der Waals surface area contributed by atoms with Crippen molar-refractivity contribution in [1.29, 1.82) is 0 Å². The maximum Gasteiger partial charge on any atom is 0.338 e. The van der Waals surface area contributed by atoms with E-state index in [1.165, 1.54) is 0 Å². The summed E-state index contributed by atoms with van der Waals surface area (Å²) in [5.74, 6) is -2.55. The molecule has 1 rings (SSSR count). The Morgan fingerprint density at radius 3 is 2.60 bits per heavy atom. The van der Waals surface area contributed by atoms with Crippen LogP contribution in [0.25, 0.3) is 0 Å². The van der Waals surface area contributed by atoms with Gasteiger partial charge >= 0.3 is 5.97 Å². The van der Waals surface area contributed by atoms with Gasteiger partial charge in [-0.05, 0) is 12.3 Å². The Kier molecular flexibility index (Phi) is 3.25. The van der Waals surface area contributed by atoms with Crippen LogP contribution in [0, 0.1) is 15.9 Å². The second-order valence-electron chi connectivity index (χ2n) is 2.57. The highest BCUT2D eigenvalue weighted by Crippen LogP contribution is 2.30. The summed E-state index contributed by atoms with van der Waals surface area (Å²) in [5.41, 5.74) is -0.991. The molecule has 1 N–H and O–H groups in total. The first-order chi connectivity index (χ1) is 6.97. The Labute approximate surface area is 88.1 Å². The van der Waals surface area contributed by atoms with Crippen LogP contribution >= 0.6 is 11.8 Å². The van der Waals surface area contributed by atoms with Gasteiger partial charge in [0.05, 0.1) is 21.4 Å². The van der Waals surface area contributed by atoms with Crippen LogP contribution in [-0.2, 0) is 0 Å². The standard InChI is InChI=1S/C8H6FNO4S/c1-15-7-2-4(8(11)12)5(9)3-6(7)10(13)14/h2-3H,1H3,(H,11,12). The molecule has 0 radical (unpaired) electrons. The van der Waals surface area contributed by atoms with Gasteiger partial charge in [0, 0.05) is 0 Å². The zero-order valence-electron chi connectivity index (χ0n) is 7.56. The SMILES string of the molecule is CSc1cc(C(=O)O)c(F)cc1[N+](=O)[O-]. The van der Waals surface area contributed by atoms with Crippen molar-refractivity contribution in [3.8, 4) is 0 Å². The van der Waals surface area contributed by atoms with Gasteiger partial charge in [-0.2, -0.15) is 0 Å². The highest BCUT2D eigenvalue weighted by Gasteiger charge is 2.20. The Hall–Kier alpha value is -1.63. The summed E-state index contributed by atoms with van der Waals surface area (Å²) < 4.78 is 13.1. The first-order valence-electron chi connectivity index (χ1n) is 3.72. The van der Waals surface area contributed by atoms with E-state index in [-0.39, 0.29) is 4.90 Å². The van der Waals surface area contributed by atoms with Crippen LogP contribution in [0.1, 0.15) is 10.4 Å². The lowest BCUT2D eigenvalue weighted by atomic mass is 10.2. The molecule has 0 aromatic heterocycles. The van der Waals surface area contributed by atoms with Crippen molar-refractivity contribution >= 4 is 23.4 Å². The van der Waals surface area contributed by atoms with E-state index in [9.17, 15) is 19.3 Å². The van der Waals surface area contributed by atoms with Crippen molar-refractivity contribution in [2.75, 3.05) is 6.26 Å². The van der Waals surface area contributed by atoms with Gasteiger partial charge in [0.2, 0.25) is 0 Å². The van der Waals surface area contributed by atoms with E-state index in [0.717, 1.165) is 17.8 Å². The molecule has 80 valence electrons. The topological polar surface area (TPSA) is 80.4 Å². The van der Waals surface area contributed by atoms with Crippen LogP contribution < -0.4 is 0 Å². The zero-order chi connectivity index (χ0) is 11.6. The van der Waals surface area contributed by atoms with E-state index in [1.807, 2.05) is 0 Å². The second kappa shape index (κ2) is 4.26. The van der Waals surface area contributed by atoms with Gasteiger partial charge in [-0.1, -0.05) is 0 Å².